The number of benzene rings is 1. The molecule has 0 aliphatic heterocycles. The largest absolute Gasteiger partial charge is 0.490 e. The van der Waals surface area contributed by atoms with Crippen molar-refractivity contribution in [2.45, 2.75) is 39.2 Å². The highest BCUT2D eigenvalue weighted by Gasteiger charge is 2.08. The summed E-state index contributed by atoms with van der Waals surface area (Å²) in [6.45, 7) is 6.08. The van der Waals surface area contributed by atoms with Crippen molar-refractivity contribution < 1.29 is 4.74 Å². The molecule has 1 unspecified atom stereocenters. The number of hydrogen-bond acceptors (Lipinski definition) is 2. The number of rotatable bonds is 8. The molecule has 17 heavy (non-hydrogen) atoms. The quantitative estimate of drug-likeness (QED) is 0.761. The average molecular weight is 256 g/mol. The minimum Gasteiger partial charge on any atom is -0.490 e. The van der Waals surface area contributed by atoms with Gasteiger partial charge in [0.25, 0.3) is 0 Å². The highest BCUT2D eigenvalue weighted by molar-refractivity contribution is 6.32. The second-order valence-corrected chi connectivity index (χ2v) is 4.59. The lowest BCUT2D eigenvalue weighted by Crippen LogP contribution is -2.35. The maximum Gasteiger partial charge on any atom is 0.137 e. The average Bonchev–Trinajstić information content (AvgIpc) is 2.34. The molecule has 0 heterocycles. The molecule has 0 spiro atoms. The van der Waals surface area contributed by atoms with E-state index >= 15 is 0 Å². The van der Waals surface area contributed by atoms with Crippen LogP contribution >= 0.6 is 11.6 Å². The van der Waals surface area contributed by atoms with Gasteiger partial charge in [-0.1, -0.05) is 44.0 Å². The predicted molar refractivity (Wildman–Crippen MR) is 73.9 cm³/mol. The van der Waals surface area contributed by atoms with Crippen molar-refractivity contribution in [3.05, 3.63) is 29.3 Å². The fourth-order valence-corrected chi connectivity index (χ4v) is 1.88. The summed E-state index contributed by atoms with van der Waals surface area (Å²) in [7, 11) is 0. The number of ether oxygens (including phenoxy) is 1. The van der Waals surface area contributed by atoms with Crippen molar-refractivity contribution in [3.8, 4) is 5.75 Å². The number of hydrogen-bond donors (Lipinski definition) is 1. The third kappa shape index (κ3) is 5.42. The van der Waals surface area contributed by atoms with E-state index in [1.54, 1.807) is 0 Å². The fourth-order valence-electron chi connectivity index (χ4n) is 1.69. The topological polar surface area (TPSA) is 21.3 Å². The van der Waals surface area contributed by atoms with E-state index in [0.29, 0.717) is 17.7 Å². The first kappa shape index (κ1) is 14.3. The van der Waals surface area contributed by atoms with Gasteiger partial charge in [0.15, 0.2) is 0 Å². The van der Waals surface area contributed by atoms with E-state index in [4.69, 9.17) is 16.3 Å². The van der Waals surface area contributed by atoms with Crippen LogP contribution in [0.4, 0.5) is 0 Å². The summed E-state index contributed by atoms with van der Waals surface area (Å²) >= 11 is 6.04. The summed E-state index contributed by atoms with van der Waals surface area (Å²) in [4.78, 5) is 0. The molecule has 0 radical (unpaired) electrons. The summed E-state index contributed by atoms with van der Waals surface area (Å²) < 4.78 is 5.75. The van der Waals surface area contributed by atoms with Gasteiger partial charge in [0.05, 0.1) is 5.02 Å². The van der Waals surface area contributed by atoms with E-state index in [9.17, 15) is 0 Å². The van der Waals surface area contributed by atoms with Gasteiger partial charge in [0.1, 0.15) is 12.4 Å². The maximum absolute atomic E-state index is 6.04. The van der Waals surface area contributed by atoms with Crippen molar-refractivity contribution in [1.82, 2.24) is 5.32 Å². The van der Waals surface area contributed by atoms with Crippen LogP contribution in [0.2, 0.25) is 5.02 Å². The highest BCUT2D eigenvalue weighted by Crippen LogP contribution is 2.23. The molecular weight excluding hydrogens is 234 g/mol. The van der Waals surface area contributed by atoms with Crippen LogP contribution in [-0.4, -0.2) is 19.2 Å². The Labute approximate surface area is 109 Å². The van der Waals surface area contributed by atoms with Crippen molar-refractivity contribution in [2.75, 3.05) is 13.2 Å². The second kappa shape index (κ2) is 8.37. The van der Waals surface area contributed by atoms with Crippen molar-refractivity contribution in [2.24, 2.45) is 0 Å². The summed E-state index contributed by atoms with van der Waals surface area (Å²) in [5.41, 5.74) is 0. The lowest BCUT2D eigenvalue weighted by Gasteiger charge is -2.18. The zero-order chi connectivity index (χ0) is 12.5. The smallest absolute Gasteiger partial charge is 0.137 e. The first-order valence-corrected chi connectivity index (χ1v) is 6.76. The van der Waals surface area contributed by atoms with E-state index in [-0.39, 0.29) is 0 Å². The number of halogens is 1. The molecule has 0 saturated heterocycles. The van der Waals surface area contributed by atoms with Crippen molar-refractivity contribution in [3.63, 3.8) is 0 Å². The first-order chi connectivity index (χ1) is 8.27. The van der Waals surface area contributed by atoms with Gasteiger partial charge >= 0.3 is 0 Å². The van der Waals surface area contributed by atoms with Crippen LogP contribution in [0.5, 0.6) is 5.75 Å². The third-order valence-electron chi connectivity index (χ3n) is 2.60. The molecule has 1 aromatic rings. The van der Waals surface area contributed by atoms with Crippen LogP contribution in [0.25, 0.3) is 0 Å². The Morgan fingerprint density at radius 2 is 2.00 bits per heavy atom. The van der Waals surface area contributed by atoms with Crippen LogP contribution in [0, 0.1) is 0 Å². The molecule has 0 saturated carbocycles. The van der Waals surface area contributed by atoms with Crippen LogP contribution in [0.15, 0.2) is 24.3 Å². The molecule has 1 aromatic carbocycles. The molecule has 0 amide bonds. The predicted octanol–water partition coefficient (Wildman–Crippen LogP) is 3.89. The summed E-state index contributed by atoms with van der Waals surface area (Å²) in [6.07, 6.45) is 3.43. The van der Waals surface area contributed by atoms with Gasteiger partial charge in [0.2, 0.25) is 0 Å². The zero-order valence-corrected chi connectivity index (χ0v) is 11.5. The van der Waals surface area contributed by atoms with E-state index in [2.05, 4.69) is 19.2 Å². The van der Waals surface area contributed by atoms with Gasteiger partial charge < -0.3 is 10.1 Å². The Morgan fingerprint density at radius 1 is 1.24 bits per heavy atom. The van der Waals surface area contributed by atoms with E-state index < -0.39 is 0 Å². The maximum atomic E-state index is 6.04. The Morgan fingerprint density at radius 3 is 2.65 bits per heavy atom. The standard InChI is InChI=1S/C14H22ClNO/c1-3-7-12(16-10-4-2)11-17-14-9-6-5-8-13(14)15/h5-6,8-9,12,16H,3-4,7,10-11H2,1-2H3. The first-order valence-electron chi connectivity index (χ1n) is 6.38. The minimum absolute atomic E-state index is 0.413. The molecule has 3 heteroatoms. The van der Waals surface area contributed by atoms with Gasteiger partial charge in [-0.3, -0.25) is 0 Å². The van der Waals surface area contributed by atoms with Crippen LogP contribution in [0.1, 0.15) is 33.1 Å². The van der Waals surface area contributed by atoms with Gasteiger partial charge in [-0.25, -0.2) is 0 Å². The van der Waals surface area contributed by atoms with Gasteiger partial charge in [-0.05, 0) is 31.5 Å². The molecule has 0 aromatic heterocycles. The molecule has 1 rings (SSSR count). The van der Waals surface area contributed by atoms with Gasteiger partial charge in [-0.15, -0.1) is 0 Å². The molecule has 96 valence electrons. The highest BCUT2D eigenvalue weighted by atomic mass is 35.5. The van der Waals surface area contributed by atoms with E-state index in [1.165, 1.54) is 0 Å². The van der Waals surface area contributed by atoms with Crippen LogP contribution in [-0.2, 0) is 0 Å². The van der Waals surface area contributed by atoms with Gasteiger partial charge in [-0.2, -0.15) is 0 Å². The molecule has 1 atom stereocenters. The van der Waals surface area contributed by atoms with E-state index in [1.807, 2.05) is 24.3 Å². The normalized spacial score (nSPS) is 12.4. The Hall–Kier alpha value is -0.730. The minimum atomic E-state index is 0.413. The van der Waals surface area contributed by atoms with Crippen molar-refractivity contribution in [1.29, 1.82) is 0 Å². The summed E-state index contributed by atoms with van der Waals surface area (Å²) in [5.74, 6) is 0.772. The Balaban J connectivity index is 2.42. The lowest BCUT2D eigenvalue weighted by molar-refractivity contribution is 0.256. The molecule has 0 bridgehead atoms. The van der Waals surface area contributed by atoms with Gasteiger partial charge in [0, 0.05) is 6.04 Å². The molecular formula is C14H22ClNO. The van der Waals surface area contributed by atoms with Crippen molar-refractivity contribution >= 4 is 11.6 Å². The Bertz CT molecular complexity index is 317. The molecule has 0 aliphatic rings. The monoisotopic (exact) mass is 255 g/mol. The summed E-state index contributed by atoms with van der Waals surface area (Å²) in [5, 5.41) is 4.17. The van der Waals surface area contributed by atoms with Crippen LogP contribution in [0.3, 0.4) is 0 Å². The number of nitrogens with one attached hydrogen (secondary N) is 1. The molecule has 0 fully saturated rings. The third-order valence-corrected chi connectivity index (χ3v) is 2.91. The second-order valence-electron chi connectivity index (χ2n) is 4.18. The molecule has 0 aliphatic carbocycles. The zero-order valence-electron chi connectivity index (χ0n) is 10.7. The van der Waals surface area contributed by atoms with E-state index in [0.717, 1.165) is 31.6 Å². The molecule has 1 N–H and O–H groups in total. The number of para-hydroxylation sites is 1. The summed E-state index contributed by atoms with van der Waals surface area (Å²) in [6, 6.07) is 8.02. The van der Waals surface area contributed by atoms with Crippen LogP contribution < -0.4 is 10.1 Å². The SMILES string of the molecule is CCCNC(CCC)COc1ccccc1Cl. The molecule has 2 nitrogen and oxygen atoms in total. The lowest BCUT2D eigenvalue weighted by atomic mass is 10.2. The fraction of sp³-hybridized carbons (Fsp3) is 0.571. The Kier molecular flexibility index (Phi) is 7.06.